The maximum atomic E-state index is 11.9. The van der Waals surface area contributed by atoms with Crippen molar-refractivity contribution in [1.82, 2.24) is 5.32 Å². The minimum atomic E-state index is 0.0812. The van der Waals surface area contributed by atoms with Gasteiger partial charge in [0.1, 0.15) is 0 Å². The zero-order valence-electron chi connectivity index (χ0n) is 10.9. The van der Waals surface area contributed by atoms with Gasteiger partial charge >= 0.3 is 0 Å². The molecule has 2 rings (SSSR count). The molecule has 1 aromatic carbocycles. The number of nitrogens with two attached hydrogens (primary N) is 1. The quantitative estimate of drug-likeness (QED) is 0.823. The highest BCUT2D eigenvalue weighted by Gasteiger charge is 2.10. The van der Waals surface area contributed by atoms with E-state index in [1.54, 1.807) is 11.3 Å². The van der Waals surface area contributed by atoms with Gasteiger partial charge in [-0.1, -0.05) is 18.2 Å². The molecule has 0 saturated heterocycles. The number of nitrogen functional groups attached to an aromatic ring is 1. The summed E-state index contributed by atoms with van der Waals surface area (Å²) in [5.41, 5.74) is 7.51. The second kappa shape index (κ2) is 6.38. The van der Waals surface area contributed by atoms with Crippen LogP contribution in [0.5, 0.6) is 0 Å². The zero-order chi connectivity index (χ0) is 13.7. The van der Waals surface area contributed by atoms with Gasteiger partial charge in [-0.3, -0.25) is 4.79 Å². The topological polar surface area (TPSA) is 55.1 Å². The third kappa shape index (κ3) is 4.10. The molecule has 0 aliphatic rings. The molecule has 0 saturated carbocycles. The second-order valence-electron chi connectivity index (χ2n) is 4.55. The number of hydrogen-bond donors (Lipinski definition) is 2. The van der Waals surface area contributed by atoms with Crippen molar-refractivity contribution < 1.29 is 4.79 Å². The lowest BCUT2D eigenvalue weighted by Gasteiger charge is -2.12. The molecule has 0 bridgehead atoms. The van der Waals surface area contributed by atoms with Gasteiger partial charge in [-0.2, -0.15) is 0 Å². The third-order valence-electron chi connectivity index (χ3n) is 2.97. The monoisotopic (exact) mass is 274 g/mol. The molecule has 0 fully saturated rings. The Morgan fingerprint density at radius 2 is 2.05 bits per heavy atom. The molecule has 1 heterocycles. The molecule has 1 amide bonds. The molecule has 3 nitrogen and oxygen atoms in total. The molecular weight excluding hydrogens is 256 g/mol. The first-order valence-electron chi connectivity index (χ1n) is 6.32. The van der Waals surface area contributed by atoms with E-state index in [1.807, 2.05) is 48.7 Å². The molecule has 100 valence electrons. The van der Waals surface area contributed by atoms with Gasteiger partial charge in [0.25, 0.3) is 0 Å². The fourth-order valence-electron chi connectivity index (χ4n) is 1.86. The molecule has 1 atom stereocenters. The number of amides is 1. The Balaban J connectivity index is 1.80. The van der Waals surface area contributed by atoms with Crippen LogP contribution in [0.2, 0.25) is 0 Å². The Morgan fingerprint density at radius 3 is 2.68 bits per heavy atom. The molecule has 4 heteroatoms. The highest BCUT2D eigenvalue weighted by molar-refractivity contribution is 7.10. The van der Waals surface area contributed by atoms with Crippen molar-refractivity contribution in [2.45, 2.75) is 25.8 Å². The summed E-state index contributed by atoms with van der Waals surface area (Å²) in [6.45, 7) is 2.01. The molecule has 2 aromatic rings. The molecule has 19 heavy (non-hydrogen) atoms. The van der Waals surface area contributed by atoms with Gasteiger partial charge in [0.05, 0.1) is 6.04 Å². The Bertz CT molecular complexity index is 520. The summed E-state index contributed by atoms with van der Waals surface area (Å²) in [5, 5.41) is 5.03. The molecule has 1 aromatic heterocycles. The SMILES string of the molecule is C[C@H](NC(=O)CCc1ccc(N)cc1)c1cccs1. The van der Waals surface area contributed by atoms with Crippen molar-refractivity contribution in [1.29, 1.82) is 0 Å². The van der Waals surface area contributed by atoms with Crippen LogP contribution in [0.15, 0.2) is 41.8 Å². The Kier molecular flexibility index (Phi) is 4.58. The predicted molar refractivity (Wildman–Crippen MR) is 80.1 cm³/mol. The van der Waals surface area contributed by atoms with E-state index in [2.05, 4.69) is 5.32 Å². The van der Waals surface area contributed by atoms with Crippen LogP contribution < -0.4 is 11.1 Å². The summed E-state index contributed by atoms with van der Waals surface area (Å²) in [6, 6.07) is 11.8. The van der Waals surface area contributed by atoms with Crippen LogP contribution in [0.3, 0.4) is 0 Å². The summed E-state index contributed by atoms with van der Waals surface area (Å²) < 4.78 is 0. The number of anilines is 1. The summed E-state index contributed by atoms with van der Waals surface area (Å²) in [5.74, 6) is 0.0812. The minimum Gasteiger partial charge on any atom is -0.399 e. The number of benzene rings is 1. The van der Waals surface area contributed by atoms with Crippen LogP contribution in [-0.4, -0.2) is 5.91 Å². The van der Waals surface area contributed by atoms with Crippen LogP contribution >= 0.6 is 11.3 Å². The van der Waals surface area contributed by atoms with Gasteiger partial charge in [-0.25, -0.2) is 0 Å². The molecule has 0 spiro atoms. The van der Waals surface area contributed by atoms with E-state index in [0.29, 0.717) is 6.42 Å². The van der Waals surface area contributed by atoms with Gasteiger partial charge < -0.3 is 11.1 Å². The summed E-state index contributed by atoms with van der Waals surface area (Å²) in [6.07, 6.45) is 1.24. The minimum absolute atomic E-state index is 0.0812. The standard InChI is InChI=1S/C15H18N2OS/c1-11(14-3-2-10-19-14)17-15(18)9-6-12-4-7-13(16)8-5-12/h2-5,7-8,10-11H,6,9,16H2,1H3,(H,17,18)/t11-/m0/s1. The lowest BCUT2D eigenvalue weighted by atomic mass is 10.1. The Morgan fingerprint density at radius 1 is 1.32 bits per heavy atom. The number of carbonyl (C=O) groups is 1. The zero-order valence-corrected chi connectivity index (χ0v) is 11.7. The average Bonchev–Trinajstić information content (AvgIpc) is 2.92. The van der Waals surface area contributed by atoms with Crippen molar-refractivity contribution in [2.75, 3.05) is 5.73 Å². The molecule has 0 aliphatic carbocycles. The third-order valence-corrected chi connectivity index (χ3v) is 4.02. The Labute approximate surface area is 117 Å². The van der Waals surface area contributed by atoms with Crippen molar-refractivity contribution in [3.8, 4) is 0 Å². The van der Waals surface area contributed by atoms with Crippen LogP contribution in [0.25, 0.3) is 0 Å². The van der Waals surface area contributed by atoms with Crippen LogP contribution in [0, 0.1) is 0 Å². The lowest BCUT2D eigenvalue weighted by molar-refractivity contribution is -0.121. The normalized spacial score (nSPS) is 12.1. The number of aryl methyl sites for hydroxylation is 1. The van der Waals surface area contributed by atoms with Crippen LogP contribution in [-0.2, 0) is 11.2 Å². The fourth-order valence-corrected chi connectivity index (χ4v) is 2.60. The van der Waals surface area contributed by atoms with E-state index in [-0.39, 0.29) is 11.9 Å². The van der Waals surface area contributed by atoms with E-state index < -0.39 is 0 Å². The van der Waals surface area contributed by atoms with Crippen molar-refractivity contribution >= 4 is 22.9 Å². The lowest BCUT2D eigenvalue weighted by Crippen LogP contribution is -2.26. The van der Waals surface area contributed by atoms with Gasteiger partial charge in [0.2, 0.25) is 5.91 Å². The van der Waals surface area contributed by atoms with Crippen molar-refractivity contribution in [3.63, 3.8) is 0 Å². The summed E-state index contributed by atoms with van der Waals surface area (Å²) in [7, 11) is 0. The highest BCUT2D eigenvalue weighted by atomic mass is 32.1. The maximum absolute atomic E-state index is 11.9. The molecule has 0 unspecified atom stereocenters. The first-order valence-corrected chi connectivity index (χ1v) is 7.20. The number of nitrogens with one attached hydrogen (secondary N) is 1. The number of rotatable bonds is 5. The number of thiophene rings is 1. The molecular formula is C15H18N2OS. The van der Waals surface area contributed by atoms with Gasteiger partial charge in [-0.15, -0.1) is 11.3 Å². The first kappa shape index (κ1) is 13.6. The van der Waals surface area contributed by atoms with Crippen LogP contribution in [0.1, 0.15) is 29.8 Å². The Hall–Kier alpha value is -1.81. The smallest absolute Gasteiger partial charge is 0.220 e. The van der Waals surface area contributed by atoms with E-state index in [4.69, 9.17) is 5.73 Å². The molecule has 0 radical (unpaired) electrons. The number of hydrogen-bond acceptors (Lipinski definition) is 3. The summed E-state index contributed by atoms with van der Waals surface area (Å²) >= 11 is 1.66. The van der Waals surface area contributed by atoms with Gasteiger partial charge in [0.15, 0.2) is 0 Å². The van der Waals surface area contributed by atoms with Crippen LogP contribution in [0.4, 0.5) is 5.69 Å². The number of carbonyl (C=O) groups excluding carboxylic acids is 1. The van der Waals surface area contributed by atoms with E-state index >= 15 is 0 Å². The van der Waals surface area contributed by atoms with E-state index in [1.165, 1.54) is 4.88 Å². The molecule has 3 N–H and O–H groups in total. The van der Waals surface area contributed by atoms with Crippen molar-refractivity contribution in [2.24, 2.45) is 0 Å². The second-order valence-corrected chi connectivity index (χ2v) is 5.53. The molecule has 0 aliphatic heterocycles. The highest BCUT2D eigenvalue weighted by Crippen LogP contribution is 2.18. The van der Waals surface area contributed by atoms with Gasteiger partial charge in [-0.05, 0) is 42.5 Å². The van der Waals surface area contributed by atoms with Crippen molar-refractivity contribution in [3.05, 3.63) is 52.2 Å². The van der Waals surface area contributed by atoms with E-state index in [0.717, 1.165) is 17.7 Å². The largest absolute Gasteiger partial charge is 0.399 e. The average molecular weight is 274 g/mol. The fraction of sp³-hybridized carbons (Fsp3) is 0.267. The predicted octanol–water partition coefficient (Wildman–Crippen LogP) is 3.14. The first-order chi connectivity index (χ1) is 9.15. The maximum Gasteiger partial charge on any atom is 0.220 e. The van der Waals surface area contributed by atoms with Gasteiger partial charge in [0, 0.05) is 17.0 Å². The van der Waals surface area contributed by atoms with E-state index in [9.17, 15) is 4.79 Å². The summed E-state index contributed by atoms with van der Waals surface area (Å²) in [4.78, 5) is 13.0.